The minimum Gasteiger partial charge on any atom is -0.490 e. The van der Waals surface area contributed by atoms with Crippen LogP contribution in [0, 0.1) is 11.3 Å². The van der Waals surface area contributed by atoms with Crippen molar-refractivity contribution in [2.45, 2.75) is 44.8 Å². The average Bonchev–Trinajstić information content (AvgIpc) is 2.66. The van der Waals surface area contributed by atoms with Gasteiger partial charge < -0.3 is 24.3 Å². The van der Waals surface area contributed by atoms with Gasteiger partial charge in [-0.1, -0.05) is 12.1 Å². The Hall–Kier alpha value is -1.79. The van der Waals surface area contributed by atoms with Crippen LogP contribution in [0.5, 0.6) is 11.5 Å². The third-order valence-electron chi connectivity index (χ3n) is 6.38. The number of ether oxygens (including phenoxy) is 4. The molecular weight excluding hydrogens is 346 g/mol. The Morgan fingerprint density at radius 1 is 1.37 bits per heavy atom. The monoisotopic (exact) mass is 375 g/mol. The molecule has 6 nitrogen and oxygen atoms in total. The van der Waals surface area contributed by atoms with Gasteiger partial charge in [-0.05, 0) is 32.8 Å². The van der Waals surface area contributed by atoms with E-state index in [2.05, 4.69) is 18.3 Å². The van der Waals surface area contributed by atoms with Crippen LogP contribution < -0.4 is 14.8 Å². The van der Waals surface area contributed by atoms with Gasteiger partial charge in [0.05, 0.1) is 26.4 Å². The molecule has 1 spiro atoms. The van der Waals surface area contributed by atoms with Gasteiger partial charge in [0.25, 0.3) is 0 Å². The molecule has 6 heteroatoms. The Morgan fingerprint density at radius 3 is 2.85 bits per heavy atom. The zero-order valence-corrected chi connectivity index (χ0v) is 16.4. The summed E-state index contributed by atoms with van der Waals surface area (Å²) in [6.45, 7) is 7.36. The molecule has 1 aromatic rings. The summed E-state index contributed by atoms with van der Waals surface area (Å²) in [5.41, 5.74) is 0.734. The maximum atomic E-state index is 11.8. The lowest BCUT2D eigenvalue weighted by Crippen LogP contribution is -2.63. The zero-order valence-electron chi connectivity index (χ0n) is 16.4. The van der Waals surface area contributed by atoms with Crippen molar-refractivity contribution in [1.82, 2.24) is 5.32 Å². The third-order valence-corrected chi connectivity index (χ3v) is 6.38. The lowest BCUT2D eigenvalue weighted by Gasteiger charge is -2.56. The first-order chi connectivity index (χ1) is 13.0. The summed E-state index contributed by atoms with van der Waals surface area (Å²) in [6, 6.07) is 6.01. The summed E-state index contributed by atoms with van der Waals surface area (Å²) in [4.78, 5) is 11.8. The molecule has 0 radical (unpaired) electrons. The van der Waals surface area contributed by atoms with E-state index in [1.165, 1.54) is 7.11 Å². The number of para-hydroxylation sites is 1. The molecule has 0 bridgehead atoms. The molecule has 2 saturated heterocycles. The van der Waals surface area contributed by atoms with E-state index >= 15 is 0 Å². The number of methoxy groups -OCH3 is 1. The molecule has 0 saturated carbocycles. The first-order valence-corrected chi connectivity index (χ1v) is 9.84. The Morgan fingerprint density at radius 2 is 2.19 bits per heavy atom. The van der Waals surface area contributed by atoms with Gasteiger partial charge in [0.1, 0.15) is 5.60 Å². The number of esters is 1. The quantitative estimate of drug-likeness (QED) is 0.799. The van der Waals surface area contributed by atoms with Crippen molar-refractivity contribution in [3.63, 3.8) is 0 Å². The van der Waals surface area contributed by atoms with E-state index in [4.69, 9.17) is 18.9 Å². The SMILES string of the molecule is CCOc1cccc2c1O[C@@](C)(CCC(=O)OC)[C@H]1CC3(CNC3)CO[C@H]21. The average molecular weight is 375 g/mol. The van der Waals surface area contributed by atoms with Gasteiger partial charge in [-0.25, -0.2) is 0 Å². The summed E-state index contributed by atoms with van der Waals surface area (Å²) in [6.07, 6.45) is 1.91. The number of nitrogens with one attached hydrogen (secondary N) is 1. The van der Waals surface area contributed by atoms with E-state index in [0.717, 1.165) is 43.2 Å². The van der Waals surface area contributed by atoms with E-state index in [-0.39, 0.29) is 23.4 Å². The predicted octanol–water partition coefficient (Wildman–Crippen LogP) is 2.86. The summed E-state index contributed by atoms with van der Waals surface area (Å²) in [5, 5.41) is 3.38. The van der Waals surface area contributed by atoms with Crippen LogP contribution in [-0.2, 0) is 14.3 Å². The maximum absolute atomic E-state index is 11.8. The molecule has 148 valence electrons. The molecular formula is C21H29NO5. The van der Waals surface area contributed by atoms with Crippen LogP contribution in [0.3, 0.4) is 0 Å². The zero-order chi connectivity index (χ0) is 19.1. The third kappa shape index (κ3) is 3.19. The van der Waals surface area contributed by atoms with Gasteiger partial charge in [0.15, 0.2) is 11.5 Å². The van der Waals surface area contributed by atoms with Crippen molar-refractivity contribution in [2.75, 3.05) is 33.4 Å². The van der Waals surface area contributed by atoms with E-state index in [0.29, 0.717) is 19.4 Å². The van der Waals surface area contributed by atoms with Crippen molar-refractivity contribution in [1.29, 1.82) is 0 Å². The second-order valence-corrected chi connectivity index (χ2v) is 8.24. The van der Waals surface area contributed by atoms with Crippen LogP contribution in [0.2, 0.25) is 0 Å². The van der Waals surface area contributed by atoms with E-state index < -0.39 is 5.60 Å². The number of benzene rings is 1. The molecule has 3 heterocycles. The highest BCUT2D eigenvalue weighted by molar-refractivity contribution is 5.69. The normalized spacial score (nSPS) is 30.5. The van der Waals surface area contributed by atoms with Crippen LogP contribution in [0.15, 0.2) is 18.2 Å². The Balaban J connectivity index is 1.70. The van der Waals surface area contributed by atoms with Crippen LogP contribution in [-0.4, -0.2) is 45.0 Å². The summed E-state index contributed by atoms with van der Waals surface area (Å²) in [5.74, 6) is 1.47. The topological polar surface area (TPSA) is 66.0 Å². The Bertz CT molecular complexity index is 717. The van der Waals surface area contributed by atoms with Gasteiger partial charge in [-0.15, -0.1) is 0 Å². The fourth-order valence-corrected chi connectivity index (χ4v) is 4.72. The molecule has 2 fully saturated rings. The minimum absolute atomic E-state index is 0.0389. The predicted molar refractivity (Wildman–Crippen MR) is 100.0 cm³/mol. The summed E-state index contributed by atoms with van der Waals surface area (Å²) in [7, 11) is 1.43. The highest BCUT2D eigenvalue weighted by Gasteiger charge is 2.56. The van der Waals surface area contributed by atoms with Crippen LogP contribution in [0.4, 0.5) is 0 Å². The number of hydrogen-bond acceptors (Lipinski definition) is 6. The Kier molecular flexibility index (Phi) is 4.80. The van der Waals surface area contributed by atoms with Gasteiger partial charge in [0.2, 0.25) is 0 Å². The standard InChI is InChI=1S/C21H29NO5/c1-4-25-16-7-5-6-14-18-15(10-21(13-26-18)11-22-12-21)20(2,27-19(14)16)9-8-17(23)24-3/h5-7,15,18,22H,4,8-13H2,1-3H3/t15-,18+,20-/m0/s1. The van der Waals surface area contributed by atoms with Crippen molar-refractivity contribution in [2.24, 2.45) is 11.3 Å². The molecule has 0 aliphatic carbocycles. The van der Waals surface area contributed by atoms with E-state index in [9.17, 15) is 4.79 Å². The molecule has 4 rings (SSSR count). The molecule has 3 atom stereocenters. The molecule has 0 aromatic heterocycles. The number of carbonyl (C=O) groups is 1. The van der Waals surface area contributed by atoms with Crippen LogP contribution in [0.1, 0.15) is 44.8 Å². The van der Waals surface area contributed by atoms with E-state index in [1.54, 1.807) is 0 Å². The fraction of sp³-hybridized carbons (Fsp3) is 0.667. The smallest absolute Gasteiger partial charge is 0.305 e. The highest BCUT2D eigenvalue weighted by Crippen LogP contribution is 2.57. The van der Waals surface area contributed by atoms with Gasteiger partial charge in [0, 0.05) is 36.4 Å². The van der Waals surface area contributed by atoms with Gasteiger partial charge in [-0.3, -0.25) is 4.79 Å². The summed E-state index contributed by atoms with van der Waals surface area (Å²) >= 11 is 0. The maximum Gasteiger partial charge on any atom is 0.305 e. The van der Waals surface area contributed by atoms with Crippen molar-refractivity contribution >= 4 is 5.97 Å². The van der Waals surface area contributed by atoms with Gasteiger partial charge in [-0.2, -0.15) is 0 Å². The minimum atomic E-state index is -0.512. The first-order valence-electron chi connectivity index (χ1n) is 9.84. The molecule has 27 heavy (non-hydrogen) atoms. The van der Waals surface area contributed by atoms with Crippen LogP contribution in [0.25, 0.3) is 0 Å². The molecule has 0 unspecified atom stereocenters. The largest absolute Gasteiger partial charge is 0.490 e. The second kappa shape index (κ2) is 6.99. The van der Waals surface area contributed by atoms with E-state index in [1.807, 2.05) is 19.1 Å². The number of hydrogen-bond donors (Lipinski definition) is 1. The van der Waals surface area contributed by atoms with Crippen molar-refractivity contribution < 1.29 is 23.7 Å². The van der Waals surface area contributed by atoms with Crippen molar-refractivity contribution in [3.05, 3.63) is 23.8 Å². The summed E-state index contributed by atoms with van der Waals surface area (Å²) < 4.78 is 23.7. The molecule has 0 amide bonds. The first kappa shape index (κ1) is 18.6. The number of fused-ring (bicyclic) bond motifs is 3. The molecule has 3 aliphatic heterocycles. The molecule has 1 N–H and O–H groups in total. The van der Waals surface area contributed by atoms with Crippen LogP contribution >= 0.6 is 0 Å². The molecule has 1 aromatic carbocycles. The Labute approximate surface area is 160 Å². The fourth-order valence-electron chi connectivity index (χ4n) is 4.72. The second-order valence-electron chi connectivity index (χ2n) is 8.24. The van der Waals surface area contributed by atoms with Gasteiger partial charge >= 0.3 is 5.97 Å². The number of carbonyl (C=O) groups excluding carboxylic acids is 1. The van der Waals surface area contributed by atoms with Crippen molar-refractivity contribution in [3.8, 4) is 11.5 Å². The lowest BCUT2D eigenvalue weighted by molar-refractivity contribution is -0.183. The number of rotatable bonds is 5. The lowest BCUT2D eigenvalue weighted by atomic mass is 9.64. The molecule has 3 aliphatic rings. The highest BCUT2D eigenvalue weighted by atomic mass is 16.5.